The van der Waals surface area contributed by atoms with E-state index < -0.39 is 0 Å². The van der Waals surface area contributed by atoms with E-state index in [0.717, 1.165) is 24.3 Å². The molecule has 3 rings (SSSR count). The first-order chi connectivity index (χ1) is 13.2. The summed E-state index contributed by atoms with van der Waals surface area (Å²) in [5.41, 5.74) is 2.14. The molecule has 0 saturated carbocycles. The van der Waals surface area contributed by atoms with Crippen molar-refractivity contribution < 1.29 is 9.53 Å². The number of anilines is 1. The van der Waals surface area contributed by atoms with Gasteiger partial charge in [-0.25, -0.2) is 9.48 Å². The van der Waals surface area contributed by atoms with Gasteiger partial charge >= 0.3 is 6.03 Å². The van der Waals surface area contributed by atoms with E-state index in [2.05, 4.69) is 32.9 Å². The minimum absolute atomic E-state index is 0.268. The number of carbonyl (C=O) groups is 1. The highest BCUT2D eigenvalue weighted by Crippen LogP contribution is 2.16. The quantitative estimate of drug-likeness (QED) is 0.597. The number of urea groups is 1. The van der Waals surface area contributed by atoms with E-state index in [4.69, 9.17) is 4.74 Å². The number of aromatic nitrogens is 4. The Balaban J connectivity index is 1.46. The normalized spacial score (nSPS) is 10.4. The van der Waals surface area contributed by atoms with Gasteiger partial charge in [0.1, 0.15) is 11.4 Å². The number of hydrogen-bond donors (Lipinski definition) is 2. The van der Waals surface area contributed by atoms with Crippen LogP contribution < -0.4 is 15.4 Å². The Morgan fingerprint density at radius 2 is 2.07 bits per heavy atom. The minimum atomic E-state index is -0.314. The molecular formula is C19H22N6O2. The first-order valence-corrected chi connectivity index (χ1v) is 8.84. The number of benzene rings is 1. The van der Waals surface area contributed by atoms with Gasteiger partial charge in [0.25, 0.3) is 0 Å². The lowest BCUT2D eigenvalue weighted by atomic mass is 10.3. The van der Waals surface area contributed by atoms with Crippen molar-refractivity contribution in [3.05, 3.63) is 60.7 Å². The lowest BCUT2D eigenvalue weighted by Gasteiger charge is -2.08. The molecule has 0 bridgehead atoms. The van der Waals surface area contributed by atoms with Crippen LogP contribution in [-0.2, 0) is 6.54 Å². The van der Waals surface area contributed by atoms with Crippen LogP contribution in [0.25, 0.3) is 5.69 Å². The summed E-state index contributed by atoms with van der Waals surface area (Å²) in [6, 6.07) is 10.7. The van der Waals surface area contributed by atoms with Gasteiger partial charge < -0.3 is 15.4 Å². The molecule has 0 fully saturated rings. The van der Waals surface area contributed by atoms with Gasteiger partial charge in [-0.05, 0) is 42.8 Å². The Hall–Kier alpha value is -3.42. The van der Waals surface area contributed by atoms with Crippen molar-refractivity contribution in [2.45, 2.75) is 26.3 Å². The molecule has 2 amide bonds. The van der Waals surface area contributed by atoms with Crippen LogP contribution in [0.3, 0.4) is 0 Å². The van der Waals surface area contributed by atoms with Crippen molar-refractivity contribution in [1.29, 1.82) is 0 Å². The van der Waals surface area contributed by atoms with Crippen molar-refractivity contribution in [3.63, 3.8) is 0 Å². The molecule has 0 radical (unpaired) electrons. The highest BCUT2D eigenvalue weighted by atomic mass is 16.5. The Bertz CT molecular complexity index is 848. The van der Waals surface area contributed by atoms with E-state index in [1.54, 1.807) is 35.4 Å². The number of nitrogens with zero attached hydrogens (tertiary/aromatic N) is 4. The molecule has 8 heteroatoms. The SMILES string of the molecule is CCCCOc1ccc(NC(=O)NCc2cn(-c3cccnc3)nn2)cc1. The van der Waals surface area contributed by atoms with Crippen molar-refractivity contribution in [2.24, 2.45) is 0 Å². The molecule has 2 aromatic heterocycles. The molecule has 8 nitrogen and oxygen atoms in total. The maximum absolute atomic E-state index is 12.0. The van der Waals surface area contributed by atoms with E-state index in [-0.39, 0.29) is 12.6 Å². The Morgan fingerprint density at radius 3 is 2.81 bits per heavy atom. The second-order valence-corrected chi connectivity index (χ2v) is 5.90. The van der Waals surface area contributed by atoms with Crippen LogP contribution in [-0.4, -0.2) is 32.6 Å². The first kappa shape index (κ1) is 18.4. The summed E-state index contributed by atoms with van der Waals surface area (Å²) in [6.45, 7) is 3.09. The lowest BCUT2D eigenvalue weighted by Crippen LogP contribution is -2.28. The van der Waals surface area contributed by atoms with Gasteiger partial charge in [0, 0.05) is 11.9 Å². The average molecular weight is 366 g/mol. The molecule has 27 heavy (non-hydrogen) atoms. The summed E-state index contributed by atoms with van der Waals surface area (Å²) in [5.74, 6) is 0.793. The standard InChI is InChI=1S/C19H22N6O2/c1-2-3-11-27-18-8-6-15(7-9-18)22-19(26)21-12-16-14-25(24-23-16)17-5-4-10-20-13-17/h4-10,13-14H,2-3,11-12H2,1H3,(H2,21,22,26). The second kappa shape index (κ2) is 9.33. The molecule has 0 saturated heterocycles. The molecule has 3 aromatic rings. The van der Waals surface area contributed by atoms with Crippen LogP contribution in [0.4, 0.5) is 10.5 Å². The zero-order chi connectivity index (χ0) is 18.9. The maximum atomic E-state index is 12.0. The number of nitrogens with one attached hydrogen (secondary N) is 2. The van der Waals surface area contributed by atoms with Gasteiger partial charge in [-0.1, -0.05) is 18.6 Å². The third-order valence-electron chi connectivity index (χ3n) is 3.76. The summed E-state index contributed by atoms with van der Waals surface area (Å²) in [5, 5.41) is 13.6. The van der Waals surface area contributed by atoms with Gasteiger partial charge in [0.15, 0.2) is 0 Å². The monoisotopic (exact) mass is 366 g/mol. The zero-order valence-electron chi connectivity index (χ0n) is 15.1. The van der Waals surface area contributed by atoms with Gasteiger partial charge in [-0.2, -0.15) is 0 Å². The van der Waals surface area contributed by atoms with Crippen LogP contribution in [0.15, 0.2) is 55.0 Å². The number of hydrogen-bond acceptors (Lipinski definition) is 5. The molecule has 2 heterocycles. The third kappa shape index (κ3) is 5.53. The fourth-order valence-corrected chi connectivity index (χ4v) is 2.31. The lowest BCUT2D eigenvalue weighted by molar-refractivity contribution is 0.251. The summed E-state index contributed by atoms with van der Waals surface area (Å²) in [6.07, 6.45) is 7.24. The van der Waals surface area contributed by atoms with Crippen LogP contribution in [0.1, 0.15) is 25.5 Å². The van der Waals surface area contributed by atoms with Gasteiger partial charge in [-0.3, -0.25) is 4.98 Å². The number of rotatable bonds is 8. The largest absolute Gasteiger partial charge is 0.494 e. The zero-order valence-corrected chi connectivity index (χ0v) is 15.1. The van der Waals surface area contributed by atoms with E-state index in [0.29, 0.717) is 18.0 Å². The van der Waals surface area contributed by atoms with Crippen LogP contribution in [0.5, 0.6) is 5.75 Å². The third-order valence-corrected chi connectivity index (χ3v) is 3.76. The Morgan fingerprint density at radius 1 is 1.22 bits per heavy atom. The van der Waals surface area contributed by atoms with Crippen molar-refractivity contribution in [3.8, 4) is 11.4 Å². The fourth-order valence-electron chi connectivity index (χ4n) is 2.31. The molecular weight excluding hydrogens is 344 g/mol. The summed E-state index contributed by atoms with van der Waals surface area (Å²) in [7, 11) is 0. The highest BCUT2D eigenvalue weighted by Gasteiger charge is 2.06. The van der Waals surface area contributed by atoms with Crippen LogP contribution in [0.2, 0.25) is 0 Å². The molecule has 140 valence electrons. The molecule has 0 atom stereocenters. The smallest absolute Gasteiger partial charge is 0.319 e. The first-order valence-electron chi connectivity index (χ1n) is 8.84. The number of carbonyl (C=O) groups excluding carboxylic acids is 1. The average Bonchev–Trinajstić information content (AvgIpc) is 3.18. The van der Waals surface area contributed by atoms with E-state index >= 15 is 0 Å². The fraction of sp³-hybridized carbons (Fsp3) is 0.263. The van der Waals surface area contributed by atoms with Crippen LogP contribution in [0, 0.1) is 0 Å². The molecule has 0 aliphatic rings. The highest BCUT2D eigenvalue weighted by molar-refractivity contribution is 5.89. The van der Waals surface area contributed by atoms with E-state index in [9.17, 15) is 4.79 Å². The molecule has 0 aliphatic heterocycles. The molecule has 0 spiro atoms. The Labute approximate surface area is 157 Å². The summed E-state index contributed by atoms with van der Waals surface area (Å²) in [4.78, 5) is 16.1. The number of pyridine rings is 1. The van der Waals surface area contributed by atoms with Crippen molar-refractivity contribution in [1.82, 2.24) is 25.3 Å². The summed E-state index contributed by atoms with van der Waals surface area (Å²) >= 11 is 0. The van der Waals surface area contributed by atoms with Crippen molar-refractivity contribution in [2.75, 3.05) is 11.9 Å². The molecule has 0 aliphatic carbocycles. The molecule has 1 aromatic carbocycles. The second-order valence-electron chi connectivity index (χ2n) is 5.90. The van der Waals surface area contributed by atoms with Gasteiger partial charge in [0.2, 0.25) is 0 Å². The predicted octanol–water partition coefficient (Wildman–Crippen LogP) is 3.16. The number of unbranched alkanes of at least 4 members (excludes halogenated alkanes) is 1. The molecule has 2 N–H and O–H groups in total. The van der Waals surface area contributed by atoms with Gasteiger partial charge in [-0.15, -0.1) is 5.10 Å². The van der Waals surface area contributed by atoms with Crippen molar-refractivity contribution >= 4 is 11.7 Å². The number of ether oxygens (including phenoxy) is 1. The van der Waals surface area contributed by atoms with E-state index in [1.807, 2.05) is 24.3 Å². The van der Waals surface area contributed by atoms with Crippen LogP contribution >= 0.6 is 0 Å². The van der Waals surface area contributed by atoms with Gasteiger partial charge in [0.05, 0.1) is 31.2 Å². The Kier molecular flexibility index (Phi) is 6.35. The van der Waals surface area contributed by atoms with E-state index in [1.165, 1.54) is 0 Å². The number of amides is 2. The topological polar surface area (TPSA) is 94.0 Å². The summed E-state index contributed by atoms with van der Waals surface area (Å²) < 4.78 is 7.21. The predicted molar refractivity (Wildman–Crippen MR) is 102 cm³/mol. The molecule has 0 unspecified atom stereocenters. The minimum Gasteiger partial charge on any atom is -0.494 e. The maximum Gasteiger partial charge on any atom is 0.319 e.